The molecule has 2 aromatic heterocycles. The molecule has 3 heterocycles. The molecule has 0 atom stereocenters. The van der Waals surface area contributed by atoms with Crippen LogP contribution in [0.2, 0.25) is 10.0 Å². The number of hydrogen-bond acceptors (Lipinski definition) is 5. The Hall–Kier alpha value is -3.37. The van der Waals surface area contributed by atoms with Gasteiger partial charge in [-0.25, -0.2) is 14.3 Å². The highest BCUT2D eigenvalue weighted by Crippen LogP contribution is 2.24. The molecule has 1 aliphatic rings. The van der Waals surface area contributed by atoms with Crippen molar-refractivity contribution in [2.75, 3.05) is 13.6 Å². The second kappa shape index (κ2) is 8.29. The topological polar surface area (TPSA) is 122 Å². The van der Waals surface area contributed by atoms with Gasteiger partial charge < -0.3 is 19.8 Å². The van der Waals surface area contributed by atoms with Gasteiger partial charge in [-0.15, -0.1) is 0 Å². The maximum atomic E-state index is 13.1. The molecule has 0 saturated heterocycles. The van der Waals surface area contributed by atoms with Gasteiger partial charge in [0.1, 0.15) is 5.82 Å². The third kappa shape index (κ3) is 3.61. The van der Waals surface area contributed by atoms with Crippen molar-refractivity contribution in [2.24, 2.45) is 7.05 Å². The van der Waals surface area contributed by atoms with Gasteiger partial charge in [0.25, 0.3) is 17.4 Å². The van der Waals surface area contributed by atoms with Crippen LogP contribution in [0.4, 0.5) is 0 Å². The monoisotopic (exact) mass is 476 g/mol. The van der Waals surface area contributed by atoms with Crippen molar-refractivity contribution in [2.45, 2.75) is 13.0 Å². The first-order chi connectivity index (χ1) is 15.2. The van der Waals surface area contributed by atoms with Gasteiger partial charge in [-0.2, -0.15) is 0 Å². The van der Waals surface area contributed by atoms with Crippen LogP contribution in [-0.4, -0.2) is 49.4 Å². The Labute approximate surface area is 191 Å². The number of aromatic amines is 1. The Morgan fingerprint density at radius 1 is 1.19 bits per heavy atom. The van der Waals surface area contributed by atoms with E-state index in [9.17, 15) is 19.2 Å². The van der Waals surface area contributed by atoms with Gasteiger partial charge in [-0.3, -0.25) is 14.4 Å². The molecule has 0 saturated carbocycles. The minimum absolute atomic E-state index is 0.0601. The molecule has 166 valence electrons. The number of carbonyl (C=O) groups excluding carboxylic acids is 2. The van der Waals surface area contributed by atoms with Crippen molar-refractivity contribution in [1.29, 1.82) is 0 Å². The summed E-state index contributed by atoms with van der Waals surface area (Å²) in [5.74, 6) is -0.518. The normalized spacial score (nSPS) is 13.1. The van der Waals surface area contributed by atoms with Crippen molar-refractivity contribution >= 4 is 35.0 Å². The molecule has 0 aliphatic carbocycles. The number of H-pyrrole nitrogens is 1. The number of aromatic nitrogens is 4. The Balaban J connectivity index is 1.69. The lowest BCUT2D eigenvalue weighted by molar-refractivity contribution is 0.0730. The summed E-state index contributed by atoms with van der Waals surface area (Å²) < 4.78 is 2.31. The van der Waals surface area contributed by atoms with E-state index in [2.05, 4.69) is 15.3 Å². The van der Waals surface area contributed by atoms with Crippen LogP contribution in [0.25, 0.3) is 5.82 Å². The predicted molar refractivity (Wildman–Crippen MR) is 118 cm³/mol. The predicted octanol–water partition coefficient (Wildman–Crippen LogP) is 1.12. The second-order valence-corrected chi connectivity index (χ2v) is 8.03. The molecule has 32 heavy (non-hydrogen) atoms. The van der Waals surface area contributed by atoms with E-state index in [0.717, 1.165) is 4.57 Å². The molecule has 12 heteroatoms. The molecule has 0 fully saturated rings. The van der Waals surface area contributed by atoms with Crippen LogP contribution in [0.5, 0.6) is 0 Å². The molecule has 2 N–H and O–H groups in total. The largest absolute Gasteiger partial charge is 0.352 e. The van der Waals surface area contributed by atoms with Crippen LogP contribution < -0.4 is 16.6 Å². The number of imidazole rings is 1. The van der Waals surface area contributed by atoms with E-state index in [4.69, 9.17) is 23.2 Å². The van der Waals surface area contributed by atoms with Gasteiger partial charge in [0.05, 0.1) is 22.8 Å². The van der Waals surface area contributed by atoms with Crippen LogP contribution in [0.1, 0.15) is 32.2 Å². The quantitative estimate of drug-likeness (QED) is 0.586. The summed E-state index contributed by atoms with van der Waals surface area (Å²) in [6.07, 6.45) is 1.54. The van der Waals surface area contributed by atoms with Crippen LogP contribution in [0, 0.1) is 0 Å². The molecule has 0 bridgehead atoms. The first-order valence-electron chi connectivity index (χ1n) is 9.58. The molecule has 4 rings (SSSR count). The molecule has 0 radical (unpaired) electrons. The summed E-state index contributed by atoms with van der Waals surface area (Å²) in [7, 11) is 3.00. The Morgan fingerprint density at radius 2 is 1.94 bits per heavy atom. The zero-order valence-corrected chi connectivity index (χ0v) is 18.6. The smallest absolute Gasteiger partial charge is 0.334 e. The maximum Gasteiger partial charge on any atom is 0.334 e. The van der Waals surface area contributed by atoms with Crippen molar-refractivity contribution in [3.05, 3.63) is 77.9 Å². The van der Waals surface area contributed by atoms with Gasteiger partial charge in [-0.1, -0.05) is 23.2 Å². The third-order valence-electron chi connectivity index (χ3n) is 5.34. The molecular formula is C20H18Cl2N6O4. The van der Waals surface area contributed by atoms with E-state index in [0.29, 0.717) is 21.8 Å². The van der Waals surface area contributed by atoms with Crippen molar-refractivity contribution in [3.63, 3.8) is 0 Å². The van der Waals surface area contributed by atoms with E-state index >= 15 is 0 Å². The first kappa shape index (κ1) is 21.8. The second-order valence-electron chi connectivity index (χ2n) is 7.21. The number of fused-ring (bicyclic) bond motifs is 1. The van der Waals surface area contributed by atoms with Crippen LogP contribution in [0.15, 0.2) is 34.0 Å². The SMILES string of the molecule is CNC(=O)c1ncc(-n2c(=O)[nH]c3c(c2=O)CCN(C(=O)c2ccc(Cl)c(Cl)c2)C3)n1C. The van der Waals surface area contributed by atoms with Gasteiger partial charge >= 0.3 is 5.69 Å². The van der Waals surface area contributed by atoms with Crippen molar-refractivity contribution in [3.8, 4) is 5.82 Å². The van der Waals surface area contributed by atoms with Crippen LogP contribution in [0.3, 0.4) is 0 Å². The first-order valence-corrected chi connectivity index (χ1v) is 10.3. The van der Waals surface area contributed by atoms with E-state index in [1.165, 1.54) is 41.9 Å². The molecule has 0 unspecified atom stereocenters. The average molecular weight is 477 g/mol. The molecular weight excluding hydrogens is 459 g/mol. The number of rotatable bonds is 3. The molecule has 0 spiro atoms. The van der Waals surface area contributed by atoms with Crippen molar-refractivity contribution < 1.29 is 9.59 Å². The number of amides is 2. The number of benzene rings is 1. The van der Waals surface area contributed by atoms with Crippen LogP contribution >= 0.6 is 23.2 Å². The maximum absolute atomic E-state index is 13.1. The lowest BCUT2D eigenvalue weighted by Crippen LogP contribution is -2.45. The summed E-state index contributed by atoms with van der Waals surface area (Å²) in [6.45, 7) is 0.344. The number of halogens is 2. The summed E-state index contributed by atoms with van der Waals surface area (Å²) in [4.78, 5) is 58.9. The standard InChI is InChI=1S/C20H18Cl2N6O4/c1-23-17(29)16-24-8-15(26(16)2)28-19(31)11-5-6-27(9-14(11)25-20(28)32)18(30)10-3-4-12(21)13(22)7-10/h3-4,7-8H,5-6,9H2,1-2H3,(H,23,29)(H,25,32). The van der Waals surface area contributed by atoms with Gasteiger partial charge in [0.15, 0.2) is 5.82 Å². The number of carbonyl (C=O) groups is 2. The van der Waals surface area contributed by atoms with Gasteiger partial charge in [-0.05, 0) is 24.6 Å². The summed E-state index contributed by atoms with van der Waals surface area (Å²) in [5, 5.41) is 3.06. The van der Waals surface area contributed by atoms with E-state index in [-0.39, 0.29) is 42.1 Å². The average Bonchev–Trinajstić information content (AvgIpc) is 3.15. The highest BCUT2D eigenvalue weighted by Gasteiger charge is 2.27. The lowest BCUT2D eigenvalue weighted by Gasteiger charge is -2.28. The van der Waals surface area contributed by atoms with Gasteiger partial charge in [0.2, 0.25) is 0 Å². The minimum atomic E-state index is -0.691. The highest BCUT2D eigenvalue weighted by molar-refractivity contribution is 6.42. The van der Waals surface area contributed by atoms with E-state index < -0.39 is 17.2 Å². The highest BCUT2D eigenvalue weighted by atomic mass is 35.5. The Bertz CT molecular complexity index is 1370. The fourth-order valence-electron chi connectivity index (χ4n) is 3.65. The minimum Gasteiger partial charge on any atom is -0.352 e. The zero-order chi connectivity index (χ0) is 23.2. The molecule has 2 amide bonds. The van der Waals surface area contributed by atoms with E-state index in [1.807, 2.05) is 0 Å². The summed E-state index contributed by atoms with van der Waals surface area (Å²) in [5.41, 5.74) is -0.0916. The number of hydrogen-bond donors (Lipinski definition) is 2. The summed E-state index contributed by atoms with van der Waals surface area (Å²) in [6, 6.07) is 4.59. The Morgan fingerprint density at radius 3 is 2.62 bits per heavy atom. The lowest BCUT2D eigenvalue weighted by atomic mass is 10.1. The van der Waals surface area contributed by atoms with Crippen LogP contribution in [-0.2, 0) is 20.0 Å². The molecule has 1 aromatic carbocycles. The number of nitrogens with one attached hydrogen (secondary N) is 2. The number of nitrogens with zero attached hydrogens (tertiary/aromatic N) is 4. The molecule has 3 aromatic rings. The summed E-state index contributed by atoms with van der Waals surface area (Å²) >= 11 is 11.9. The Kier molecular flexibility index (Phi) is 5.66. The fourth-order valence-corrected chi connectivity index (χ4v) is 3.95. The molecule has 10 nitrogen and oxygen atoms in total. The van der Waals surface area contributed by atoms with E-state index in [1.54, 1.807) is 6.07 Å². The molecule has 1 aliphatic heterocycles. The third-order valence-corrected chi connectivity index (χ3v) is 6.08. The van der Waals surface area contributed by atoms with Crippen molar-refractivity contribution in [1.82, 2.24) is 29.3 Å². The van der Waals surface area contributed by atoms with Gasteiger partial charge in [0, 0.05) is 37.5 Å². The fraction of sp³-hybridized carbons (Fsp3) is 0.250. The zero-order valence-electron chi connectivity index (χ0n) is 17.1.